The zero-order valence-corrected chi connectivity index (χ0v) is 29.0. The number of methoxy groups -OCH3 is 1. The number of carbonyl (C=O) groups excluding carboxylic acids is 2. The fraction of sp³-hybridized carbons (Fsp3) is 0.235. The second-order valence-electron chi connectivity index (χ2n) is 11.4. The third kappa shape index (κ3) is 10.2. The van der Waals surface area contributed by atoms with Gasteiger partial charge >= 0.3 is 16.4 Å². The number of nitrogens with one attached hydrogen (secondary N) is 1. The lowest BCUT2D eigenvalue weighted by atomic mass is 10.2. The summed E-state index contributed by atoms with van der Waals surface area (Å²) in [7, 11) is 0.403. The predicted molar refractivity (Wildman–Crippen MR) is 186 cm³/mol. The molecule has 0 spiro atoms. The normalized spacial score (nSPS) is 11.8. The van der Waals surface area contributed by atoms with E-state index in [2.05, 4.69) is 10.3 Å². The molecule has 0 saturated heterocycles. The van der Waals surface area contributed by atoms with E-state index in [1.807, 2.05) is 6.07 Å². The Morgan fingerprint density at radius 2 is 1.71 bits per heavy atom. The Morgan fingerprint density at radius 1 is 1.02 bits per heavy atom. The summed E-state index contributed by atoms with van der Waals surface area (Å²) >= 11 is 0. The maximum atomic E-state index is 15.3. The van der Waals surface area contributed by atoms with Crippen LogP contribution in [-0.2, 0) is 26.5 Å². The minimum Gasteiger partial charge on any atom is -0.497 e. The topological polar surface area (TPSA) is 192 Å². The number of esters is 1. The van der Waals surface area contributed by atoms with Crippen molar-refractivity contribution in [2.75, 3.05) is 33.1 Å². The lowest BCUT2D eigenvalue weighted by Crippen LogP contribution is -2.31. The van der Waals surface area contributed by atoms with Crippen LogP contribution in [0.2, 0.25) is 0 Å². The molecule has 1 amide bonds. The second-order valence-corrected chi connectivity index (χ2v) is 12.3. The number of rotatable bonds is 11. The Labute approximate surface area is 292 Å². The second kappa shape index (κ2) is 16.4. The molecule has 5 aromatic rings. The van der Waals surface area contributed by atoms with Gasteiger partial charge in [0.15, 0.2) is 11.6 Å². The molecule has 3 N–H and O–H groups in total. The van der Waals surface area contributed by atoms with E-state index in [0.717, 1.165) is 6.07 Å². The largest absolute Gasteiger partial charge is 0.497 e. The molecule has 270 valence electrons. The highest BCUT2D eigenvalue weighted by molar-refractivity contribution is 7.79. The van der Waals surface area contributed by atoms with Gasteiger partial charge in [-0.05, 0) is 70.4 Å². The third-order valence-electron chi connectivity index (χ3n) is 7.15. The fourth-order valence-corrected chi connectivity index (χ4v) is 5.05. The number of likely N-dealkylation sites (N-methyl/N-ethyl adjacent to an activating group) is 1. The Morgan fingerprint density at radius 3 is 2.33 bits per heavy atom. The first-order valence-corrected chi connectivity index (χ1v) is 16.6. The van der Waals surface area contributed by atoms with E-state index >= 15 is 4.39 Å². The number of aromatic nitrogens is 3. The van der Waals surface area contributed by atoms with Crippen molar-refractivity contribution < 1.29 is 45.7 Å². The molecule has 17 heteroatoms. The number of halogens is 1. The zero-order valence-electron chi connectivity index (χ0n) is 28.2. The van der Waals surface area contributed by atoms with Crippen LogP contribution in [0, 0.1) is 12.7 Å². The van der Waals surface area contributed by atoms with Gasteiger partial charge < -0.3 is 19.5 Å². The van der Waals surface area contributed by atoms with E-state index in [-0.39, 0.29) is 30.1 Å². The van der Waals surface area contributed by atoms with Gasteiger partial charge in [0.1, 0.15) is 23.2 Å². The smallest absolute Gasteiger partial charge is 0.394 e. The number of amides is 1. The van der Waals surface area contributed by atoms with Crippen LogP contribution in [0.1, 0.15) is 23.0 Å². The number of para-hydroxylation sites is 1. The lowest BCUT2D eigenvalue weighted by Gasteiger charge is -2.19. The SMILES string of the molecule is COc1ccc2c(Oc3ccc(NC(=O)c4c(C)n(CC(C)OC(=O)CN(C)C)n(-c5ccccc5)c4=O)cc3F)ccnc2c1.O=S(=O)(O)O. The predicted octanol–water partition coefficient (Wildman–Crippen LogP) is 4.53. The van der Waals surface area contributed by atoms with Gasteiger partial charge in [0.2, 0.25) is 0 Å². The number of nitrogens with zero attached hydrogens (tertiary/aromatic N) is 4. The van der Waals surface area contributed by atoms with E-state index < -0.39 is 39.8 Å². The summed E-state index contributed by atoms with van der Waals surface area (Å²) in [5.74, 6) is -0.898. The molecule has 0 aliphatic heterocycles. The average Bonchev–Trinajstić information content (AvgIpc) is 3.29. The van der Waals surface area contributed by atoms with E-state index in [1.54, 1.807) is 99.4 Å². The fourth-order valence-electron chi connectivity index (χ4n) is 5.05. The molecular formula is C34H36FN5O10S. The minimum absolute atomic E-state index is 0.0621. The number of hydrogen-bond acceptors (Lipinski definition) is 10. The van der Waals surface area contributed by atoms with E-state index in [9.17, 15) is 14.4 Å². The molecule has 51 heavy (non-hydrogen) atoms. The molecule has 0 fully saturated rings. The molecule has 0 radical (unpaired) electrons. The maximum Gasteiger partial charge on any atom is 0.394 e. The summed E-state index contributed by atoms with van der Waals surface area (Å²) in [5.41, 5.74) is 0.915. The monoisotopic (exact) mass is 725 g/mol. The maximum absolute atomic E-state index is 15.3. The summed E-state index contributed by atoms with van der Waals surface area (Å²) < 4.78 is 66.5. The minimum atomic E-state index is -4.67. The van der Waals surface area contributed by atoms with Gasteiger partial charge in [-0.25, -0.2) is 9.07 Å². The van der Waals surface area contributed by atoms with E-state index in [1.165, 1.54) is 16.8 Å². The molecule has 0 aliphatic rings. The Hall–Kier alpha value is -5.62. The molecule has 1 atom stereocenters. The summed E-state index contributed by atoms with van der Waals surface area (Å²) in [5, 5.41) is 3.30. The van der Waals surface area contributed by atoms with Crippen molar-refractivity contribution in [1.82, 2.24) is 19.2 Å². The first-order chi connectivity index (χ1) is 24.0. The van der Waals surface area contributed by atoms with Crippen molar-refractivity contribution in [2.24, 2.45) is 0 Å². The number of benzene rings is 3. The van der Waals surface area contributed by atoms with Gasteiger partial charge in [-0.3, -0.25) is 38.1 Å². The van der Waals surface area contributed by atoms with Crippen LogP contribution in [0.15, 0.2) is 83.8 Å². The van der Waals surface area contributed by atoms with Gasteiger partial charge in [-0.15, -0.1) is 0 Å². The van der Waals surface area contributed by atoms with E-state index in [4.69, 9.17) is 31.7 Å². The van der Waals surface area contributed by atoms with Crippen molar-refractivity contribution in [1.29, 1.82) is 0 Å². The molecule has 2 aromatic heterocycles. The lowest BCUT2D eigenvalue weighted by molar-refractivity contribution is -0.149. The Kier molecular flexibility index (Phi) is 12.3. The molecule has 0 bridgehead atoms. The van der Waals surface area contributed by atoms with Crippen molar-refractivity contribution >= 4 is 38.9 Å². The van der Waals surface area contributed by atoms with Crippen molar-refractivity contribution in [2.45, 2.75) is 26.5 Å². The highest BCUT2D eigenvalue weighted by atomic mass is 32.3. The number of hydrogen-bond donors (Lipinski definition) is 3. The number of anilines is 1. The Balaban J connectivity index is 0.00000109. The molecule has 2 heterocycles. The quantitative estimate of drug-likeness (QED) is 0.128. The van der Waals surface area contributed by atoms with Crippen molar-refractivity contribution in [3.8, 4) is 22.9 Å². The number of carbonyl (C=O) groups is 2. The third-order valence-corrected chi connectivity index (χ3v) is 7.15. The number of ether oxygens (including phenoxy) is 3. The Bertz CT molecular complexity index is 2200. The molecule has 0 saturated carbocycles. The van der Waals surface area contributed by atoms with E-state index in [0.29, 0.717) is 33.8 Å². The summed E-state index contributed by atoms with van der Waals surface area (Å²) in [6.45, 7) is 3.56. The van der Waals surface area contributed by atoms with Gasteiger partial charge in [0, 0.05) is 29.4 Å². The van der Waals surface area contributed by atoms with Crippen molar-refractivity contribution in [3.63, 3.8) is 0 Å². The van der Waals surface area contributed by atoms with Gasteiger partial charge in [0.25, 0.3) is 11.5 Å². The first kappa shape index (κ1) is 38.2. The van der Waals surface area contributed by atoms with Crippen LogP contribution in [0.3, 0.4) is 0 Å². The molecular weight excluding hydrogens is 689 g/mol. The number of fused-ring (bicyclic) bond motifs is 1. The van der Waals surface area contributed by atoms with Crippen LogP contribution in [0.5, 0.6) is 17.2 Å². The molecule has 0 aliphatic carbocycles. The average molecular weight is 726 g/mol. The summed E-state index contributed by atoms with van der Waals surface area (Å²) in [6.07, 6.45) is 0.944. The molecule has 5 rings (SSSR count). The molecule has 3 aromatic carbocycles. The summed E-state index contributed by atoms with van der Waals surface area (Å²) in [4.78, 5) is 45.5. The molecule has 15 nitrogen and oxygen atoms in total. The van der Waals surface area contributed by atoms with Crippen LogP contribution >= 0.6 is 0 Å². The van der Waals surface area contributed by atoms with Crippen LogP contribution in [0.4, 0.5) is 10.1 Å². The number of pyridine rings is 1. The first-order valence-electron chi connectivity index (χ1n) is 15.2. The molecule has 1 unspecified atom stereocenters. The van der Waals surface area contributed by atoms with Crippen LogP contribution in [-0.4, -0.2) is 82.5 Å². The van der Waals surface area contributed by atoms with Crippen LogP contribution < -0.4 is 20.3 Å². The standard InChI is InChI=1S/C34H34FN5O6.H2O4S/c1-21(45-31(41)20-38(3)4)19-39-22(2)32(34(43)40(39)24-9-7-6-8-10-24)33(42)37-23-11-14-30(27(35)17-23)46-29-15-16-36-28-18-25(44-5)12-13-26(28)29;1-5(2,3)4/h6-18,21H,19-20H2,1-5H3,(H,37,42);(H2,1,2,3,4). The highest BCUT2D eigenvalue weighted by Crippen LogP contribution is 2.33. The zero-order chi connectivity index (χ0) is 37.5. The van der Waals surface area contributed by atoms with Gasteiger partial charge in [-0.1, -0.05) is 18.2 Å². The van der Waals surface area contributed by atoms with Crippen LogP contribution in [0.25, 0.3) is 16.6 Å². The van der Waals surface area contributed by atoms with Crippen molar-refractivity contribution in [3.05, 3.63) is 106 Å². The van der Waals surface area contributed by atoms with Gasteiger partial charge in [0.05, 0.1) is 37.1 Å². The highest BCUT2D eigenvalue weighted by Gasteiger charge is 2.26. The van der Waals surface area contributed by atoms with Gasteiger partial charge in [-0.2, -0.15) is 8.42 Å². The summed E-state index contributed by atoms with van der Waals surface area (Å²) in [6, 6.07) is 19.7.